The van der Waals surface area contributed by atoms with Crippen molar-refractivity contribution >= 4 is 29.6 Å². The number of nitrogens with one attached hydrogen (secondary N) is 2. The fraction of sp³-hybridized carbons (Fsp3) is 0.182. The molecule has 0 bridgehead atoms. The largest absolute Gasteiger partial charge is 0.368 e. The summed E-state index contributed by atoms with van der Waals surface area (Å²) in [6.45, 7) is 1.85. The van der Waals surface area contributed by atoms with Gasteiger partial charge in [-0.15, -0.1) is 12.4 Å². The number of aromatic nitrogens is 1. The second-order valence-corrected chi connectivity index (χ2v) is 4.53. The summed E-state index contributed by atoms with van der Waals surface area (Å²) in [5.74, 6) is 1.11. The van der Waals surface area contributed by atoms with Gasteiger partial charge in [-0.2, -0.15) is 0 Å². The Morgan fingerprint density at radius 2 is 2.00 bits per heavy atom. The van der Waals surface area contributed by atoms with E-state index < -0.39 is 0 Å². The minimum Gasteiger partial charge on any atom is -0.368 e. The Labute approximate surface area is 104 Å². The number of benzene rings is 1. The molecule has 0 saturated carbocycles. The van der Waals surface area contributed by atoms with E-state index in [1.807, 2.05) is 22.8 Å². The Morgan fingerprint density at radius 1 is 1.25 bits per heavy atom. The average molecular weight is 254 g/mol. The van der Waals surface area contributed by atoms with Crippen LogP contribution in [-0.4, -0.2) is 11.1 Å². The first kappa shape index (κ1) is 11.2. The fourth-order valence-corrected chi connectivity index (χ4v) is 2.90. The second kappa shape index (κ2) is 4.31. The van der Waals surface area contributed by atoms with Crippen LogP contribution in [0.15, 0.2) is 30.3 Å². The highest BCUT2D eigenvalue weighted by Crippen LogP contribution is 2.32. The second-order valence-electron chi connectivity index (χ2n) is 3.53. The summed E-state index contributed by atoms with van der Waals surface area (Å²) >= 11 is 1.54. The summed E-state index contributed by atoms with van der Waals surface area (Å²) < 4.78 is 2.03. The molecule has 1 aliphatic heterocycles. The molecule has 5 heteroatoms. The van der Waals surface area contributed by atoms with Crippen molar-refractivity contribution in [2.24, 2.45) is 0 Å². The van der Waals surface area contributed by atoms with Gasteiger partial charge >= 0.3 is 0 Å². The fourth-order valence-electron chi connectivity index (χ4n) is 1.88. The van der Waals surface area contributed by atoms with Gasteiger partial charge in [0.15, 0.2) is 4.80 Å². The number of halogens is 1. The standard InChI is InChI=1S/C11H11N3S.ClH/c12-11-14-7-6-13-10(14)9(15-11)8-4-2-1-3-5-8;/h1-5,12-13H,6-7H2;1H. The summed E-state index contributed by atoms with van der Waals surface area (Å²) in [7, 11) is 0. The molecule has 1 aromatic carbocycles. The number of fused-ring (bicyclic) bond motifs is 1. The Hall–Kier alpha value is -1.26. The lowest BCUT2D eigenvalue weighted by Crippen LogP contribution is -2.09. The number of thiazole rings is 1. The minimum atomic E-state index is 0. The molecule has 84 valence electrons. The van der Waals surface area contributed by atoms with E-state index in [0.717, 1.165) is 18.9 Å². The van der Waals surface area contributed by atoms with Crippen LogP contribution in [-0.2, 0) is 6.54 Å². The van der Waals surface area contributed by atoms with Crippen molar-refractivity contribution in [2.75, 3.05) is 11.9 Å². The van der Waals surface area contributed by atoms with Crippen molar-refractivity contribution in [2.45, 2.75) is 6.54 Å². The SMILES string of the molecule is Cl.N=c1sc(-c2ccccc2)c2n1CCN2. The number of anilines is 1. The average Bonchev–Trinajstić information content (AvgIpc) is 2.84. The maximum absolute atomic E-state index is 7.86. The quantitative estimate of drug-likeness (QED) is 0.806. The third kappa shape index (κ3) is 1.64. The van der Waals surface area contributed by atoms with Crippen LogP contribution in [0.3, 0.4) is 0 Å². The number of rotatable bonds is 1. The van der Waals surface area contributed by atoms with Gasteiger partial charge in [0.2, 0.25) is 0 Å². The number of hydrogen-bond acceptors (Lipinski definition) is 3. The molecule has 0 radical (unpaired) electrons. The van der Waals surface area contributed by atoms with Gasteiger partial charge in [-0.3, -0.25) is 5.41 Å². The lowest BCUT2D eigenvalue weighted by molar-refractivity contribution is 0.769. The zero-order valence-corrected chi connectivity index (χ0v) is 10.2. The molecule has 0 unspecified atom stereocenters. The summed E-state index contributed by atoms with van der Waals surface area (Å²) in [5, 5.41) is 11.2. The zero-order valence-electron chi connectivity index (χ0n) is 8.56. The first-order valence-corrected chi connectivity index (χ1v) is 5.75. The molecule has 3 rings (SSSR count). The van der Waals surface area contributed by atoms with Crippen molar-refractivity contribution in [3.8, 4) is 10.4 Å². The van der Waals surface area contributed by atoms with Crippen LogP contribution in [0.2, 0.25) is 0 Å². The van der Waals surface area contributed by atoms with Gasteiger partial charge in [-0.25, -0.2) is 0 Å². The Morgan fingerprint density at radius 3 is 2.75 bits per heavy atom. The lowest BCUT2D eigenvalue weighted by Gasteiger charge is -2.00. The summed E-state index contributed by atoms with van der Waals surface area (Å²) in [5.41, 5.74) is 1.19. The van der Waals surface area contributed by atoms with Crippen molar-refractivity contribution in [1.82, 2.24) is 4.57 Å². The Kier molecular flexibility index (Phi) is 3.03. The molecule has 1 aliphatic rings. The van der Waals surface area contributed by atoms with Crippen LogP contribution in [0.4, 0.5) is 5.82 Å². The smallest absolute Gasteiger partial charge is 0.184 e. The minimum absolute atomic E-state index is 0. The molecule has 0 saturated heterocycles. The molecule has 2 N–H and O–H groups in total. The van der Waals surface area contributed by atoms with Gasteiger partial charge in [0.25, 0.3) is 0 Å². The number of hydrogen-bond donors (Lipinski definition) is 2. The van der Waals surface area contributed by atoms with E-state index >= 15 is 0 Å². The highest BCUT2D eigenvalue weighted by molar-refractivity contribution is 7.13. The first-order valence-electron chi connectivity index (χ1n) is 4.94. The van der Waals surface area contributed by atoms with Crippen molar-refractivity contribution < 1.29 is 0 Å². The molecule has 0 fully saturated rings. The molecule has 3 nitrogen and oxygen atoms in total. The van der Waals surface area contributed by atoms with E-state index in [9.17, 15) is 0 Å². The molecule has 2 aromatic rings. The van der Waals surface area contributed by atoms with Crippen LogP contribution < -0.4 is 10.1 Å². The third-order valence-corrected chi connectivity index (χ3v) is 3.64. The summed E-state index contributed by atoms with van der Waals surface area (Å²) in [6.07, 6.45) is 0. The van der Waals surface area contributed by atoms with E-state index in [4.69, 9.17) is 5.41 Å². The van der Waals surface area contributed by atoms with Gasteiger partial charge in [0.05, 0.1) is 4.88 Å². The maximum Gasteiger partial charge on any atom is 0.184 e. The maximum atomic E-state index is 7.86. The highest BCUT2D eigenvalue weighted by Gasteiger charge is 2.18. The zero-order chi connectivity index (χ0) is 10.3. The molecule has 2 heterocycles. The van der Waals surface area contributed by atoms with Crippen molar-refractivity contribution in [3.05, 3.63) is 35.1 Å². The van der Waals surface area contributed by atoms with E-state index in [-0.39, 0.29) is 12.4 Å². The van der Waals surface area contributed by atoms with Gasteiger partial charge in [0.1, 0.15) is 5.82 Å². The van der Waals surface area contributed by atoms with Gasteiger partial charge in [0, 0.05) is 13.1 Å². The summed E-state index contributed by atoms with van der Waals surface area (Å²) in [6, 6.07) is 10.3. The predicted molar refractivity (Wildman–Crippen MR) is 69.3 cm³/mol. The molecule has 0 spiro atoms. The first-order chi connectivity index (χ1) is 7.36. The molecular weight excluding hydrogens is 242 g/mol. The normalized spacial score (nSPS) is 12.8. The molecular formula is C11H12ClN3S. The van der Waals surface area contributed by atoms with Gasteiger partial charge < -0.3 is 9.88 Å². The van der Waals surface area contributed by atoms with Crippen LogP contribution in [0.5, 0.6) is 0 Å². The highest BCUT2D eigenvalue weighted by atomic mass is 35.5. The molecule has 1 aromatic heterocycles. The van der Waals surface area contributed by atoms with Crippen LogP contribution in [0, 0.1) is 5.41 Å². The molecule has 16 heavy (non-hydrogen) atoms. The monoisotopic (exact) mass is 253 g/mol. The van der Waals surface area contributed by atoms with E-state index in [1.165, 1.54) is 21.8 Å². The van der Waals surface area contributed by atoms with Gasteiger partial charge in [-0.05, 0) is 5.56 Å². The number of nitrogens with zero attached hydrogens (tertiary/aromatic N) is 1. The summed E-state index contributed by atoms with van der Waals surface area (Å²) in [4.78, 5) is 1.81. The van der Waals surface area contributed by atoms with Crippen LogP contribution in [0.1, 0.15) is 0 Å². The molecule has 0 amide bonds. The van der Waals surface area contributed by atoms with E-state index in [1.54, 1.807) is 0 Å². The van der Waals surface area contributed by atoms with E-state index in [2.05, 4.69) is 17.4 Å². The van der Waals surface area contributed by atoms with E-state index in [0.29, 0.717) is 4.80 Å². The molecule has 0 atom stereocenters. The Bertz CT molecular complexity index is 544. The Balaban J connectivity index is 0.000000963. The van der Waals surface area contributed by atoms with Crippen molar-refractivity contribution in [3.63, 3.8) is 0 Å². The van der Waals surface area contributed by atoms with Gasteiger partial charge in [-0.1, -0.05) is 41.7 Å². The lowest BCUT2D eigenvalue weighted by atomic mass is 10.2. The molecule has 0 aliphatic carbocycles. The predicted octanol–water partition coefficient (Wildman–Crippen LogP) is 2.54. The third-order valence-electron chi connectivity index (χ3n) is 2.59. The van der Waals surface area contributed by atoms with Crippen LogP contribution in [0.25, 0.3) is 10.4 Å². The van der Waals surface area contributed by atoms with Crippen molar-refractivity contribution in [1.29, 1.82) is 5.41 Å². The van der Waals surface area contributed by atoms with Crippen LogP contribution >= 0.6 is 23.7 Å². The topological polar surface area (TPSA) is 40.8 Å².